The molecule has 1 aromatic carbocycles. The number of carbonyl (C=O) groups is 1. The highest BCUT2D eigenvalue weighted by Crippen LogP contribution is 2.21. The van der Waals surface area contributed by atoms with Crippen LogP contribution in [0.4, 0.5) is 4.79 Å². The monoisotopic (exact) mass is 381 g/mol. The summed E-state index contributed by atoms with van der Waals surface area (Å²) in [5.41, 5.74) is 1.12. The maximum absolute atomic E-state index is 12.8. The van der Waals surface area contributed by atoms with Gasteiger partial charge in [-0.25, -0.2) is 13.2 Å². The zero-order valence-electron chi connectivity index (χ0n) is 16.1. The highest BCUT2D eigenvalue weighted by molar-refractivity contribution is 7.89. The second kappa shape index (κ2) is 9.37. The molecule has 2 amide bonds. The van der Waals surface area contributed by atoms with Crippen LogP contribution in [-0.4, -0.2) is 56.4 Å². The van der Waals surface area contributed by atoms with Crippen LogP contribution in [0.15, 0.2) is 29.2 Å². The van der Waals surface area contributed by atoms with Crippen LogP contribution in [-0.2, 0) is 10.0 Å². The molecule has 1 N–H and O–H groups in total. The number of rotatable bonds is 7. The van der Waals surface area contributed by atoms with Gasteiger partial charge in [0.15, 0.2) is 0 Å². The molecule has 6 nitrogen and oxygen atoms in total. The smallest absolute Gasteiger partial charge is 0.317 e. The Morgan fingerprint density at radius 2 is 1.69 bits per heavy atom. The lowest BCUT2D eigenvalue weighted by atomic mass is 10.0. The lowest BCUT2D eigenvalue weighted by molar-refractivity contribution is 0.172. The van der Waals surface area contributed by atoms with Gasteiger partial charge in [-0.3, -0.25) is 0 Å². The number of benzene rings is 1. The molecule has 26 heavy (non-hydrogen) atoms. The van der Waals surface area contributed by atoms with E-state index < -0.39 is 10.0 Å². The van der Waals surface area contributed by atoms with Gasteiger partial charge in [-0.1, -0.05) is 45.7 Å². The zero-order valence-corrected chi connectivity index (χ0v) is 16.9. The Morgan fingerprint density at radius 3 is 2.23 bits per heavy atom. The predicted octanol–water partition coefficient (Wildman–Crippen LogP) is 3.02. The molecule has 0 aliphatic carbocycles. The molecule has 0 aromatic heterocycles. The highest BCUT2D eigenvalue weighted by Gasteiger charge is 2.30. The van der Waals surface area contributed by atoms with Gasteiger partial charge in [0.25, 0.3) is 0 Å². The van der Waals surface area contributed by atoms with E-state index in [0.29, 0.717) is 43.5 Å². The number of urea groups is 1. The Labute approximate surface area is 157 Å². The van der Waals surface area contributed by atoms with Crippen molar-refractivity contribution in [3.63, 3.8) is 0 Å². The molecule has 2 rings (SSSR count). The van der Waals surface area contributed by atoms with Crippen molar-refractivity contribution in [3.8, 4) is 0 Å². The van der Waals surface area contributed by atoms with Gasteiger partial charge >= 0.3 is 6.03 Å². The zero-order chi connectivity index (χ0) is 19.2. The first kappa shape index (κ1) is 20.7. The topological polar surface area (TPSA) is 69.7 Å². The van der Waals surface area contributed by atoms with E-state index in [1.807, 2.05) is 12.1 Å². The Bertz CT molecular complexity index is 678. The van der Waals surface area contributed by atoms with Crippen molar-refractivity contribution in [1.82, 2.24) is 14.5 Å². The van der Waals surface area contributed by atoms with Gasteiger partial charge in [-0.15, -0.1) is 0 Å². The summed E-state index contributed by atoms with van der Waals surface area (Å²) in [6, 6.07) is 7.00. The standard InChI is InChI=1S/C19H31N3O3S/c1-4-5-6-11-20-19(23)21-12-14-22(15-13-21)26(24,25)18-9-7-17(8-10-18)16(2)3/h7-10,16H,4-6,11-15H2,1-3H3,(H,20,23). The molecule has 0 spiro atoms. The van der Waals surface area contributed by atoms with Gasteiger partial charge in [0, 0.05) is 32.7 Å². The SMILES string of the molecule is CCCCCNC(=O)N1CCN(S(=O)(=O)c2ccc(C(C)C)cc2)CC1. The molecule has 7 heteroatoms. The van der Waals surface area contributed by atoms with Crippen molar-refractivity contribution in [2.45, 2.75) is 50.8 Å². The third kappa shape index (κ3) is 5.20. The molecule has 1 fully saturated rings. The van der Waals surface area contributed by atoms with Gasteiger partial charge < -0.3 is 10.2 Å². The van der Waals surface area contributed by atoms with Crippen LogP contribution in [0.1, 0.15) is 51.5 Å². The summed E-state index contributed by atoms with van der Waals surface area (Å²) in [6.07, 6.45) is 3.19. The molecular weight excluding hydrogens is 350 g/mol. The number of sulfonamides is 1. The molecule has 1 aliphatic heterocycles. The van der Waals surface area contributed by atoms with Crippen LogP contribution in [0.25, 0.3) is 0 Å². The first-order valence-corrected chi connectivity index (χ1v) is 10.9. The van der Waals surface area contributed by atoms with Crippen LogP contribution in [0.3, 0.4) is 0 Å². The number of amides is 2. The summed E-state index contributed by atoms with van der Waals surface area (Å²) in [5.74, 6) is 0.367. The van der Waals surface area contributed by atoms with Crippen LogP contribution in [0, 0.1) is 0 Å². The molecule has 1 saturated heterocycles. The number of nitrogens with zero attached hydrogens (tertiary/aromatic N) is 2. The average Bonchev–Trinajstić information content (AvgIpc) is 2.65. The van der Waals surface area contributed by atoms with Gasteiger partial charge in [-0.2, -0.15) is 4.31 Å². The van der Waals surface area contributed by atoms with Gasteiger partial charge in [-0.05, 0) is 30.0 Å². The van der Waals surface area contributed by atoms with Crippen LogP contribution < -0.4 is 5.32 Å². The summed E-state index contributed by atoms with van der Waals surface area (Å²) in [7, 11) is -3.50. The molecule has 0 saturated carbocycles. The second-order valence-electron chi connectivity index (χ2n) is 7.05. The number of nitrogens with one attached hydrogen (secondary N) is 1. The quantitative estimate of drug-likeness (QED) is 0.738. The fourth-order valence-corrected chi connectivity index (χ4v) is 4.41. The minimum Gasteiger partial charge on any atom is -0.338 e. The maximum Gasteiger partial charge on any atom is 0.317 e. The Hall–Kier alpha value is -1.60. The summed E-state index contributed by atoms with van der Waals surface area (Å²) < 4.78 is 27.1. The second-order valence-corrected chi connectivity index (χ2v) is 8.99. The van der Waals surface area contributed by atoms with Gasteiger partial charge in [0.05, 0.1) is 4.90 Å². The molecule has 0 unspecified atom stereocenters. The van der Waals surface area contributed by atoms with Crippen molar-refractivity contribution in [1.29, 1.82) is 0 Å². The van der Waals surface area contributed by atoms with Gasteiger partial charge in [0.1, 0.15) is 0 Å². The molecule has 1 heterocycles. The van der Waals surface area contributed by atoms with E-state index in [4.69, 9.17) is 0 Å². The van der Waals surface area contributed by atoms with E-state index in [1.54, 1.807) is 17.0 Å². The summed E-state index contributed by atoms with van der Waals surface area (Å²) in [4.78, 5) is 14.1. The molecule has 0 atom stereocenters. The van der Waals surface area contributed by atoms with Crippen LogP contribution >= 0.6 is 0 Å². The Morgan fingerprint density at radius 1 is 1.08 bits per heavy atom. The third-order valence-electron chi connectivity index (χ3n) is 4.77. The minimum atomic E-state index is -3.50. The van der Waals surface area contributed by atoms with Crippen molar-refractivity contribution < 1.29 is 13.2 Å². The first-order valence-electron chi connectivity index (χ1n) is 9.49. The molecular formula is C19H31N3O3S. The van der Waals surface area contributed by atoms with Crippen LogP contribution in [0.5, 0.6) is 0 Å². The molecule has 1 aliphatic rings. The number of piperazine rings is 1. The maximum atomic E-state index is 12.8. The fraction of sp³-hybridized carbons (Fsp3) is 0.632. The normalized spacial score (nSPS) is 16.1. The Kier molecular flexibility index (Phi) is 7.46. The molecule has 0 radical (unpaired) electrons. The van der Waals surface area contributed by atoms with Crippen molar-refractivity contribution in [2.24, 2.45) is 0 Å². The molecule has 0 bridgehead atoms. The lowest BCUT2D eigenvalue weighted by Crippen LogP contribution is -2.53. The van der Waals surface area contributed by atoms with E-state index in [-0.39, 0.29) is 6.03 Å². The summed E-state index contributed by atoms with van der Waals surface area (Å²) >= 11 is 0. The van der Waals surface area contributed by atoms with Crippen molar-refractivity contribution in [3.05, 3.63) is 29.8 Å². The average molecular weight is 382 g/mol. The van der Waals surface area contributed by atoms with E-state index >= 15 is 0 Å². The predicted molar refractivity (Wildman–Crippen MR) is 104 cm³/mol. The highest BCUT2D eigenvalue weighted by atomic mass is 32.2. The molecule has 1 aromatic rings. The summed E-state index contributed by atoms with van der Waals surface area (Å²) in [5, 5.41) is 2.91. The number of hydrogen-bond acceptors (Lipinski definition) is 3. The Balaban J connectivity index is 1.90. The van der Waals surface area contributed by atoms with Crippen LogP contribution in [0.2, 0.25) is 0 Å². The molecule has 146 valence electrons. The fourth-order valence-electron chi connectivity index (χ4n) is 2.99. The van der Waals surface area contributed by atoms with E-state index in [9.17, 15) is 13.2 Å². The third-order valence-corrected chi connectivity index (χ3v) is 6.68. The minimum absolute atomic E-state index is 0.0977. The van der Waals surface area contributed by atoms with E-state index in [1.165, 1.54) is 4.31 Å². The number of unbranched alkanes of at least 4 members (excludes halogenated alkanes) is 2. The number of hydrogen-bond donors (Lipinski definition) is 1. The lowest BCUT2D eigenvalue weighted by Gasteiger charge is -2.34. The first-order chi connectivity index (χ1) is 12.4. The van der Waals surface area contributed by atoms with E-state index in [0.717, 1.165) is 24.8 Å². The summed E-state index contributed by atoms with van der Waals surface area (Å²) in [6.45, 7) is 8.45. The van der Waals surface area contributed by atoms with Crippen molar-refractivity contribution in [2.75, 3.05) is 32.7 Å². The van der Waals surface area contributed by atoms with E-state index in [2.05, 4.69) is 26.1 Å². The largest absolute Gasteiger partial charge is 0.338 e. The van der Waals surface area contributed by atoms with Crippen molar-refractivity contribution >= 4 is 16.1 Å². The number of carbonyl (C=O) groups excluding carboxylic acids is 1. The van der Waals surface area contributed by atoms with Gasteiger partial charge in [0.2, 0.25) is 10.0 Å².